The van der Waals surface area contributed by atoms with Crippen LogP contribution in [0.25, 0.3) is 0 Å². The van der Waals surface area contributed by atoms with Gasteiger partial charge in [0.15, 0.2) is 0 Å². The van der Waals surface area contributed by atoms with E-state index in [1.54, 1.807) is 0 Å². The lowest BCUT2D eigenvalue weighted by molar-refractivity contribution is 0.352. The summed E-state index contributed by atoms with van der Waals surface area (Å²) in [5.74, 6) is 0. The van der Waals surface area contributed by atoms with Gasteiger partial charge in [0.05, 0.1) is 12.2 Å². The molecule has 0 amide bonds. The SMILES string of the molecule is C1CCCC[C@@H]2O[C@H]2CCC1. The molecule has 1 aliphatic heterocycles. The zero-order chi connectivity index (χ0) is 7.52. The summed E-state index contributed by atoms with van der Waals surface area (Å²) >= 11 is 0. The van der Waals surface area contributed by atoms with Gasteiger partial charge in [-0.3, -0.25) is 0 Å². The predicted octanol–water partition coefficient (Wildman–Crippen LogP) is 2.89. The summed E-state index contributed by atoms with van der Waals surface area (Å²) in [5, 5.41) is 0. The molecular weight excluding hydrogens is 136 g/mol. The van der Waals surface area contributed by atoms with Crippen molar-refractivity contribution in [3.63, 3.8) is 0 Å². The van der Waals surface area contributed by atoms with Crippen molar-refractivity contribution in [3.05, 3.63) is 0 Å². The summed E-state index contributed by atoms with van der Waals surface area (Å²) in [6.07, 6.45) is 12.6. The molecule has 64 valence electrons. The molecule has 0 aromatic rings. The summed E-state index contributed by atoms with van der Waals surface area (Å²) in [7, 11) is 0. The lowest BCUT2D eigenvalue weighted by Gasteiger charge is -2.02. The fourth-order valence-corrected chi connectivity index (χ4v) is 2.09. The van der Waals surface area contributed by atoms with Crippen LogP contribution in [0.15, 0.2) is 0 Å². The van der Waals surface area contributed by atoms with Gasteiger partial charge in [0.25, 0.3) is 0 Å². The topological polar surface area (TPSA) is 12.5 Å². The van der Waals surface area contributed by atoms with E-state index in [1.807, 2.05) is 0 Å². The van der Waals surface area contributed by atoms with E-state index in [4.69, 9.17) is 4.74 Å². The quantitative estimate of drug-likeness (QED) is 0.489. The number of fused-ring (bicyclic) bond motifs is 1. The zero-order valence-electron chi connectivity index (χ0n) is 7.22. The van der Waals surface area contributed by atoms with Crippen molar-refractivity contribution in [2.24, 2.45) is 0 Å². The van der Waals surface area contributed by atoms with E-state index in [9.17, 15) is 0 Å². The minimum absolute atomic E-state index is 0.674. The second-order valence-electron chi connectivity index (χ2n) is 3.91. The average Bonchev–Trinajstić information content (AvgIpc) is 2.76. The van der Waals surface area contributed by atoms with Gasteiger partial charge in [-0.05, 0) is 12.8 Å². The minimum atomic E-state index is 0.674. The highest BCUT2D eigenvalue weighted by Gasteiger charge is 2.36. The molecule has 2 rings (SSSR count). The first kappa shape index (κ1) is 7.60. The molecule has 2 aliphatic rings. The zero-order valence-corrected chi connectivity index (χ0v) is 7.22. The van der Waals surface area contributed by atoms with Crippen LogP contribution < -0.4 is 0 Å². The highest BCUT2D eigenvalue weighted by molar-refractivity contribution is 4.84. The van der Waals surface area contributed by atoms with Crippen LogP contribution >= 0.6 is 0 Å². The monoisotopic (exact) mass is 154 g/mol. The van der Waals surface area contributed by atoms with Gasteiger partial charge in [-0.15, -0.1) is 0 Å². The fourth-order valence-electron chi connectivity index (χ4n) is 2.09. The van der Waals surface area contributed by atoms with Gasteiger partial charge in [0, 0.05) is 0 Å². The van der Waals surface area contributed by atoms with E-state index in [2.05, 4.69) is 0 Å². The maximum absolute atomic E-state index is 5.55. The predicted molar refractivity (Wildman–Crippen MR) is 45.6 cm³/mol. The molecule has 0 unspecified atom stereocenters. The molecule has 1 heterocycles. The van der Waals surface area contributed by atoms with Crippen LogP contribution in [0, 0.1) is 0 Å². The molecule has 1 saturated carbocycles. The Labute approximate surface area is 69.1 Å². The van der Waals surface area contributed by atoms with Crippen molar-refractivity contribution in [2.75, 3.05) is 0 Å². The molecule has 1 nitrogen and oxygen atoms in total. The van der Waals surface area contributed by atoms with Gasteiger partial charge < -0.3 is 4.74 Å². The van der Waals surface area contributed by atoms with Gasteiger partial charge >= 0.3 is 0 Å². The van der Waals surface area contributed by atoms with Crippen LogP contribution in [0.1, 0.15) is 51.4 Å². The van der Waals surface area contributed by atoms with E-state index >= 15 is 0 Å². The molecule has 0 radical (unpaired) electrons. The summed E-state index contributed by atoms with van der Waals surface area (Å²) in [6.45, 7) is 0. The first-order valence-corrected chi connectivity index (χ1v) is 5.12. The van der Waals surface area contributed by atoms with Crippen LogP contribution in [0.3, 0.4) is 0 Å². The molecular formula is C10H18O. The molecule has 1 aliphatic carbocycles. The molecule has 2 fully saturated rings. The first-order chi connectivity index (χ1) is 5.47. The van der Waals surface area contributed by atoms with Crippen LogP contribution in [-0.4, -0.2) is 12.2 Å². The summed E-state index contributed by atoms with van der Waals surface area (Å²) in [5.41, 5.74) is 0. The van der Waals surface area contributed by atoms with E-state index in [-0.39, 0.29) is 0 Å². The Balaban J connectivity index is 1.72. The Morgan fingerprint density at radius 2 is 1.09 bits per heavy atom. The molecule has 0 bridgehead atoms. The van der Waals surface area contributed by atoms with Crippen molar-refractivity contribution in [3.8, 4) is 0 Å². The van der Waals surface area contributed by atoms with Gasteiger partial charge in [0.2, 0.25) is 0 Å². The normalized spacial score (nSPS) is 39.3. The molecule has 2 atom stereocenters. The van der Waals surface area contributed by atoms with Crippen molar-refractivity contribution in [1.82, 2.24) is 0 Å². The van der Waals surface area contributed by atoms with Gasteiger partial charge in [-0.25, -0.2) is 0 Å². The molecule has 0 aromatic heterocycles. The van der Waals surface area contributed by atoms with E-state index in [0.717, 1.165) is 0 Å². The van der Waals surface area contributed by atoms with Gasteiger partial charge in [0.1, 0.15) is 0 Å². The molecule has 1 saturated heterocycles. The van der Waals surface area contributed by atoms with Crippen molar-refractivity contribution >= 4 is 0 Å². The summed E-state index contributed by atoms with van der Waals surface area (Å²) < 4.78 is 5.55. The largest absolute Gasteiger partial charge is 0.370 e. The number of epoxide rings is 1. The van der Waals surface area contributed by atoms with Crippen molar-refractivity contribution in [1.29, 1.82) is 0 Å². The smallest absolute Gasteiger partial charge is 0.0841 e. The molecule has 0 N–H and O–H groups in total. The van der Waals surface area contributed by atoms with Crippen LogP contribution in [0.4, 0.5) is 0 Å². The summed E-state index contributed by atoms with van der Waals surface area (Å²) in [6, 6.07) is 0. The Morgan fingerprint density at radius 3 is 1.64 bits per heavy atom. The standard InChI is InChI=1S/C10H18O/c1-2-4-6-8-10-9(11-10)7-5-3-1/h9-10H,1-8H2/t9-,10-/m0/s1. The lowest BCUT2D eigenvalue weighted by atomic mass is 10.0. The Morgan fingerprint density at radius 1 is 0.636 bits per heavy atom. The highest BCUT2D eigenvalue weighted by Crippen LogP contribution is 2.32. The third-order valence-electron chi connectivity index (χ3n) is 2.91. The maximum Gasteiger partial charge on any atom is 0.0841 e. The summed E-state index contributed by atoms with van der Waals surface area (Å²) in [4.78, 5) is 0. The molecule has 0 spiro atoms. The maximum atomic E-state index is 5.55. The first-order valence-electron chi connectivity index (χ1n) is 5.12. The van der Waals surface area contributed by atoms with Crippen molar-refractivity contribution < 1.29 is 4.74 Å². The number of hydrogen-bond acceptors (Lipinski definition) is 1. The molecule has 11 heavy (non-hydrogen) atoms. The van der Waals surface area contributed by atoms with Crippen molar-refractivity contribution in [2.45, 2.75) is 63.6 Å². The Bertz CT molecular complexity index is 108. The second-order valence-corrected chi connectivity index (χ2v) is 3.91. The average molecular weight is 154 g/mol. The van der Waals surface area contributed by atoms with Gasteiger partial charge in [-0.2, -0.15) is 0 Å². The number of hydrogen-bond donors (Lipinski definition) is 0. The van der Waals surface area contributed by atoms with Gasteiger partial charge in [-0.1, -0.05) is 38.5 Å². The second kappa shape index (κ2) is 3.57. The molecule has 1 heteroatoms. The molecule has 0 aromatic carbocycles. The fraction of sp³-hybridized carbons (Fsp3) is 1.00. The van der Waals surface area contributed by atoms with Crippen LogP contribution in [0.2, 0.25) is 0 Å². The number of rotatable bonds is 0. The van der Waals surface area contributed by atoms with Crippen LogP contribution in [-0.2, 0) is 4.74 Å². The van der Waals surface area contributed by atoms with E-state index in [0.29, 0.717) is 12.2 Å². The Kier molecular flexibility index (Phi) is 2.47. The minimum Gasteiger partial charge on any atom is -0.370 e. The Hall–Kier alpha value is -0.0400. The van der Waals surface area contributed by atoms with E-state index in [1.165, 1.54) is 51.4 Å². The third-order valence-corrected chi connectivity index (χ3v) is 2.91. The third kappa shape index (κ3) is 2.19. The van der Waals surface area contributed by atoms with E-state index < -0.39 is 0 Å². The number of ether oxygens (including phenoxy) is 1. The van der Waals surface area contributed by atoms with Crippen LogP contribution in [0.5, 0.6) is 0 Å². The lowest BCUT2D eigenvalue weighted by Crippen LogP contribution is -1.96. The highest BCUT2D eigenvalue weighted by atomic mass is 16.6.